The van der Waals surface area contributed by atoms with E-state index in [4.69, 9.17) is 4.74 Å². The third-order valence-corrected chi connectivity index (χ3v) is 1.25. The molecule has 0 bridgehead atoms. The molecule has 11 heavy (non-hydrogen) atoms. The van der Waals surface area contributed by atoms with Gasteiger partial charge in [0.25, 0.3) is 0 Å². The van der Waals surface area contributed by atoms with Crippen LogP contribution in [0.1, 0.15) is 13.8 Å². The molecule has 0 atom stereocenters. The van der Waals surface area contributed by atoms with E-state index in [0.29, 0.717) is 18.0 Å². The van der Waals surface area contributed by atoms with Crippen LogP contribution in [0.2, 0.25) is 0 Å². The zero-order chi connectivity index (χ0) is 8.27. The molecule has 0 spiro atoms. The van der Waals surface area contributed by atoms with Crippen molar-refractivity contribution >= 4 is 12.3 Å². The van der Waals surface area contributed by atoms with Crippen LogP contribution in [0.15, 0.2) is 16.4 Å². The van der Waals surface area contributed by atoms with E-state index in [1.165, 1.54) is 6.34 Å². The van der Waals surface area contributed by atoms with Crippen molar-refractivity contribution in [3.05, 3.63) is 11.4 Å². The molecular weight excluding hydrogens is 144 g/mol. The molecule has 0 amide bonds. The molecule has 4 heteroatoms. The molecule has 0 aliphatic carbocycles. The molecular formula is C7H9N2O2. The first-order chi connectivity index (χ1) is 5.25. The number of carbonyl (C=O) groups is 1. The summed E-state index contributed by atoms with van der Waals surface area (Å²) in [6.07, 6.45) is 1.35. The van der Waals surface area contributed by atoms with Crippen molar-refractivity contribution < 1.29 is 9.53 Å². The molecule has 4 nitrogen and oxygen atoms in total. The molecule has 1 radical (unpaired) electrons. The maximum absolute atomic E-state index is 11.0. The van der Waals surface area contributed by atoms with E-state index < -0.39 is 5.97 Å². The maximum Gasteiger partial charge on any atom is 0.358 e. The van der Waals surface area contributed by atoms with Gasteiger partial charge in [-0.2, -0.15) is 0 Å². The quantitative estimate of drug-likeness (QED) is 0.540. The fourth-order valence-electron chi connectivity index (χ4n) is 0.728. The number of ether oxygens (including phenoxy) is 1. The summed E-state index contributed by atoms with van der Waals surface area (Å²) < 4.78 is 4.73. The minimum atomic E-state index is -0.400. The minimum absolute atomic E-state index is 0.312. The Bertz CT molecular complexity index is 231. The Morgan fingerprint density at radius 1 is 1.73 bits per heavy atom. The molecule has 0 unspecified atom stereocenters. The third kappa shape index (κ3) is 1.58. The van der Waals surface area contributed by atoms with Gasteiger partial charge in [-0.1, -0.05) is 0 Å². The van der Waals surface area contributed by atoms with E-state index in [2.05, 4.69) is 10.3 Å². The van der Waals surface area contributed by atoms with Crippen LogP contribution in [0.3, 0.4) is 0 Å². The van der Waals surface area contributed by atoms with Crippen LogP contribution in [0.5, 0.6) is 0 Å². The van der Waals surface area contributed by atoms with Crippen molar-refractivity contribution in [1.29, 1.82) is 0 Å². The molecule has 1 rings (SSSR count). The van der Waals surface area contributed by atoms with Gasteiger partial charge < -0.3 is 4.74 Å². The molecule has 0 saturated carbocycles. The second-order valence-corrected chi connectivity index (χ2v) is 2.03. The normalized spacial score (nSPS) is 15.1. The molecule has 0 N–H and O–H groups in total. The van der Waals surface area contributed by atoms with Gasteiger partial charge in [-0.25, -0.2) is 15.1 Å². The first-order valence-electron chi connectivity index (χ1n) is 3.37. The summed E-state index contributed by atoms with van der Waals surface area (Å²) in [6.45, 7) is 3.84. The number of hydrogen-bond donors (Lipinski definition) is 0. The number of aliphatic imine (C=N–C) groups is 1. The summed E-state index contributed by atoms with van der Waals surface area (Å²) >= 11 is 0. The van der Waals surface area contributed by atoms with Crippen molar-refractivity contribution in [2.24, 2.45) is 4.99 Å². The van der Waals surface area contributed by atoms with Gasteiger partial charge in [0.1, 0.15) is 6.34 Å². The highest BCUT2D eigenvalue weighted by Gasteiger charge is 2.17. The number of allylic oxidation sites excluding steroid dienone is 1. The van der Waals surface area contributed by atoms with Crippen LogP contribution in [0.4, 0.5) is 0 Å². The number of carbonyl (C=O) groups excluding carboxylic acids is 1. The van der Waals surface area contributed by atoms with Gasteiger partial charge in [0.15, 0.2) is 5.70 Å². The fourth-order valence-corrected chi connectivity index (χ4v) is 0.728. The van der Waals surface area contributed by atoms with Gasteiger partial charge >= 0.3 is 5.97 Å². The van der Waals surface area contributed by atoms with Gasteiger partial charge in [0, 0.05) is 0 Å². The average Bonchev–Trinajstić information content (AvgIpc) is 2.36. The van der Waals surface area contributed by atoms with E-state index in [-0.39, 0.29) is 0 Å². The first-order valence-corrected chi connectivity index (χ1v) is 3.37. The average molecular weight is 153 g/mol. The minimum Gasteiger partial charge on any atom is -0.461 e. The lowest BCUT2D eigenvalue weighted by atomic mass is 10.4. The smallest absolute Gasteiger partial charge is 0.358 e. The summed E-state index contributed by atoms with van der Waals surface area (Å²) in [5.41, 5.74) is 0.926. The molecule has 1 aliphatic heterocycles. The number of esters is 1. The monoisotopic (exact) mass is 153 g/mol. The standard InChI is InChI=1S/C7H9N2O2/c1-3-11-7(10)6-5(2)8-4-9-6/h4H,3H2,1-2H3. The lowest BCUT2D eigenvalue weighted by molar-refractivity contribution is -0.138. The Balaban J connectivity index is 2.62. The summed E-state index contributed by atoms with van der Waals surface area (Å²) in [6, 6.07) is 0. The molecule has 1 heterocycles. The van der Waals surface area contributed by atoms with Crippen LogP contribution >= 0.6 is 0 Å². The summed E-state index contributed by atoms with van der Waals surface area (Å²) in [4.78, 5) is 14.8. The first kappa shape index (κ1) is 7.78. The van der Waals surface area contributed by atoms with Crippen molar-refractivity contribution in [2.75, 3.05) is 6.61 Å². The zero-order valence-corrected chi connectivity index (χ0v) is 6.50. The van der Waals surface area contributed by atoms with Gasteiger partial charge in [0.2, 0.25) is 0 Å². The SMILES string of the molecule is CCOC(=O)C1=C(C)N=C[N]1. The second kappa shape index (κ2) is 3.18. The van der Waals surface area contributed by atoms with E-state index in [0.717, 1.165) is 0 Å². The largest absolute Gasteiger partial charge is 0.461 e. The summed E-state index contributed by atoms with van der Waals surface area (Å²) in [7, 11) is 0. The third-order valence-electron chi connectivity index (χ3n) is 1.25. The Kier molecular flexibility index (Phi) is 2.25. The predicted octanol–water partition coefficient (Wildman–Crippen LogP) is 0.427. The molecule has 0 aromatic heterocycles. The van der Waals surface area contributed by atoms with Gasteiger partial charge in [-0.15, -0.1) is 0 Å². The Labute approximate surface area is 65.0 Å². The number of nitrogens with zero attached hydrogens (tertiary/aromatic N) is 2. The predicted molar refractivity (Wildman–Crippen MR) is 40.0 cm³/mol. The van der Waals surface area contributed by atoms with E-state index in [9.17, 15) is 4.79 Å². The van der Waals surface area contributed by atoms with Crippen LogP contribution in [0, 0.1) is 0 Å². The molecule has 1 aliphatic rings. The Morgan fingerprint density at radius 3 is 2.91 bits per heavy atom. The van der Waals surface area contributed by atoms with Crippen molar-refractivity contribution in [3.8, 4) is 0 Å². The van der Waals surface area contributed by atoms with Crippen molar-refractivity contribution in [3.63, 3.8) is 0 Å². The highest BCUT2D eigenvalue weighted by Crippen LogP contribution is 2.09. The molecule has 0 aromatic carbocycles. The fraction of sp³-hybridized carbons (Fsp3) is 0.429. The second-order valence-electron chi connectivity index (χ2n) is 2.03. The van der Waals surface area contributed by atoms with Gasteiger partial charge in [-0.3, -0.25) is 0 Å². The van der Waals surface area contributed by atoms with Crippen molar-refractivity contribution in [2.45, 2.75) is 13.8 Å². The molecule has 59 valence electrons. The van der Waals surface area contributed by atoms with Gasteiger partial charge in [-0.05, 0) is 13.8 Å². The van der Waals surface area contributed by atoms with Crippen molar-refractivity contribution in [1.82, 2.24) is 5.32 Å². The summed E-state index contributed by atoms with van der Waals surface area (Å²) in [5.74, 6) is -0.400. The number of rotatable bonds is 2. The molecule has 0 fully saturated rings. The number of hydrogen-bond acceptors (Lipinski definition) is 3. The van der Waals surface area contributed by atoms with E-state index in [1.807, 2.05) is 0 Å². The molecule has 0 saturated heterocycles. The highest BCUT2D eigenvalue weighted by molar-refractivity contribution is 5.93. The zero-order valence-electron chi connectivity index (χ0n) is 6.50. The highest BCUT2D eigenvalue weighted by atomic mass is 16.5. The lowest BCUT2D eigenvalue weighted by Crippen LogP contribution is -2.13. The van der Waals surface area contributed by atoms with Gasteiger partial charge in [0.05, 0.1) is 12.3 Å². The maximum atomic E-state index is 11.0. The Morgan fingerprint density at radius 2 is 2.45 bits per heavy atom. The Hall–Kier alpha value is -1.32. The lowest BCUT2D eigenvalue weighted by Gasteiger charge is -2.00. The van der Waals surface area contributed by atoms with E-state index >= 15 is 0 Å². The van der Waals surface area contributed by atoms with Crippen LogP contribution < -0.4 is 5.32 Å². The van der Waals surface area contributed by atoms with E-state index in [1.54, 1.807) is 13.8 Å². The summed E-state index contributed by atoms with van der Waals surface area (Å²) in [5, 5.41) is 3.75. The molecule has 0 aromatic rings. The van der Waals surface area contributed by atoms with Crippen LogP contribution in [0.25, 0.3) is 0 Å². The van der Waals surface area contributed by atoms with Crippen LogP contribution in [-0.4, -0.2) is 18.9 Å². The van der Waals surface area contributed by atoms with Crippen LogP contribution in [-0.2, 0) is 9.53 Å². The topological polar surface area (TPSA) is 52.8 Å².